The lowest BCUT2D eigenvalue weighted by Crippen LogP contribution is -2.54. The number of hydrogen-bond acceptors (Lipinski definition) is 10. The maximum atomic E-state index is 13.3. The van der Waals surface area contributed by atoms with Gasteiger partial charge in [-0.15, -0.1) is 10.2 Å². The zero-order valence-electron chi connectivity index (χ0n) is 32.6. The number of aromatic nitrogens is 4. The van der Waals surface area contributed by atoms with Crippen molar-refractivity contribution in [2.75, 3.05) is 31.1 Å². The standard InChI is InChI=1S/C44H48N8O6/c53-38-22-20-36(42(55)47-38)52-43(56)34-13-8-11-31(40(34)44(52)57)10-6-4-2-1-3-5-7-14-39(54)50-25-23-49(24-26-50)32-17-15-30(16-18-32)35-28-45-37(51-29-46-48-41(35)51)21-19-33-12-9-27-58-33/h8-9,11-13,15-18,27-29,36H,1-7,10,14,19-26H2,(H,47,53,55). The highest BCUT2D eigenvalue weighted by atomic mass is 16.3. The molecule has 1 N–H and O–H groups in total. The van der Waals surface area contributed by atoms with Crippen LogP contribution in [0.5, 0.6) is 0 Å². The van der Waals surface area contributed by atoms with Gasteiger partial charge in [0.05, 0.1) is 17.4 Å². The average Bonchev–Trinajstić information content (AvgIpc) is 4.01. The highest BCUT2D eigenvalue weighted by molar-refractivity contribution is 6.24. The van der Waals surface area contributed by atoms with Gasteiger partial charge in [-0.25, -0.2) is 4.98 Å². The van der Waals surface area contributed by atoms with E-state index in [1.165, 1.54) is 0 Å². The van der Waals surface area contributed by atoms with Gasteiger partial charge in [-0.3, -0.25) is 38.6 Å². The fourth-order valence-electron chi connectivity index (χ4n) is 8.44. The average molecular weight is 785 g/mol. The van der Waals surface area contributed by atoms with E-state index >= 15 is 0 Å². The van der Waals surface area contributed by atoms with Gasteiger partial charge in [-0.1, -0.05) is 56.4 Å². The van der Waals surface area contributed by atoms with E-state index in [2.05, 4.69) is 44.7 Å². The number of fused-ring (bicyclic) bond motifs is 2. The highest BCUT2D eigenvalue weighted by Crippen LogP contribution is 2.31. The van der Waals surface area contributed by atoms with Crippen LogP contribution in [-0.2, 0) is 33.6 Å². The van der Waals surface area contributed by atoms with Gasteiger partial charge in [0.1, 0.15) is 24.0 Å². The first-order valence-corrected chi connectivity index (χ1v) is 20.5. The SMILES string of the molecule is O=C1CCC(N2C(=O)c3cccc(CCCCCCCCCC(=O)N4CCN(c5ccc(-c6cnc(CCc7ccco7)n7cnnc67)cc5)CC4)c3C2=O)C(=O)N1. The number of imide groups is 2. The molecule has 300 valence electrons. The molecule has 14 heteroatoms. The van der Waals surface area contributed by atoms with Crippen molar-refractivity contribution < 1.29 is 28.4 Å². The van der Waals surface area contributed by atoms with Crippen LogP contribution in [0.4, 0.5) is 5.69 Å². The first-order valence-electron chi connectivity index (χ1n) is 20.5. The number of aryl methyl sites for hydroxylation is 3. The lowest BCUT2D eigenvalue weighted by Gasteiger charge is -2.36. The van der Waals surface area contributed by atoms with Crippen LogP contribution in [0, 0.1) is 0 Å². The van der Waals surface area contributed by atoms with Crippen molar-refractivity contribution in [1.82, 2.24) is 34.7 Å². The molecule has 0 aliphatic carbocycles. The monoisotopic (exact) mass is 784 g/mol. The number of unbranched alkanes of at least 4 members (excludes halogenated alkanes) is 6. The summed E-state index contributed by atoms with van der Waals surface area (Å²) >= 11 is 0. The molecule has 5 aromatic rings. The van der Waals surface area contributed by atoms with Gasteiger partial charge in [0, 0.05) is 69.3 Å². The van der Waals surface area contributed by atoms with Crippen molar-refractivity contribution in [1.29, 1.82) is 0 Å². The molecule has 2 fully saturated rings. The fourth-order valence-corrected chi connectivity index (χ4v) is 8.44. The van der Waals surface area contributed by atoms with Crippen molar-refractivity contribution in [2.24, 2.45) is 0 Å². The minimum Gasteiger partial charge on any atom is -0.469 e. The summed E-state index contributed by atoms with van der Waals surface area (Å²) in [6, 6.07) is 16.7. The second-order valence-electron chi connectivity index (χ2n) is 15.4. The van der Waals surface area contributed by atoms with Gasteiger partial charge in [-0.05, 0) is 67.1 Å². The summed E-state index contributed by atoms with van der Waals surface area (Å²) in [7, 11) is 0. The predicted octanol–water partition coefficient (Wildman–Crippen LogP) is 5.58. The van der Waals surface area contributed by atoms with Crippen molar-refractivity contribution in [2.45, 2.75) is 89.5 Å². The molecule has 5 amide bonds. The summed E-state index contributed by atoms with van der Waals surface area (Å²) in [5, 5.41) is 10.8. The molecule has 1 unspecified atom stereocenters. The van der Waals surface area contributed by atoms with Crippen LogP contribution in [0.1, 0.15) is 102 Å². The molecule has 2 saturated heterocycles. The van der Waals surface area contributed by atoms with Crippen LogP contribution >= 0.6 is 0 Å². The molecule has 3 aliphatic heterocycles. The maximum absolute atomic E-state index is 13.3. The Morgan fingerprint density at radius 3 is 2.33 bits per heavy atom. The van der Waals surface area contributed by atoms with E-state index in [1.807, 2.05) is 33.7 Å². The highest BCUT2D eigenvalue weighted by Gasteiger charge is 2.45. The van der Waals surface area contributed by atoms with E-state index in [-0.39, 0.29) is 24.7 Å². The molecule has 0 radical (unpaired) electrons. The minimum atomic E-state index is -0.958. The number of piperidine rings is 1. The number of carbonyl (C=O) groups excluding carboxylic acids is 5. The molecule has 6 heterocycles. The van der Waals surface area contributed by atoms with Crippen molar-refractivity contribution in [3.05, 3.63) is 102 Å². The topological polar surface area (TPSA) is 163 Å². The molecule has 2 aromatic carbocycles. The lowest BCUT2D eigenvalue weighted by atomic mass is 9.97. The molecule has 8 rings (SSSR count). The number of rotatable bonds is 16. The van der Waals surface area contributed by atoms with Crippen LogP contribution in [0.2, 0.25) is 0 Å². The maximum Gasteiger partial charge on any atom is 0.262 e. The van der Waals surface area contributed by atoms with Crippen molar-refractivity contribution in [3.8, 4) is 11.1 Å². The molecule has 0 bridgehead atoms. The Bertz CT molecular complexity index is 2290. The van der Waals surface area contributed by atoms with Crippen LogP contribution in [0.3, 0.4) is 0 Å². The third-order valence-electron chi connectivity index (χ3n) is 11.7. The summed E-state index contributed by atoms with van der Waals surface area (Å²) in [5.74, 6) is 0.125. The Hall–Kier alpha value is -6.18. The number of furan rings is 1. The van der Waals surface area contributed by atoms with Crippen molar-refractivity contribution in [3.63, 3.8) is 0 Å². The van der Waals surface area contributed by atoms with Gasteiger partial charge in [0.15, 0.2) is 5.65 Å². The first-order chi connectivity index (χ1) is 28.4. The minimum absolute atomic E-state index is 0.0996. The van der Waals surface area contributed by atoms with Crippen LogP contribution in [-0.4, -0.2) is 91.1 Å². The van der Waals surface area contributed by atoms with Gasteiger partial charge in [0.25, 0.3) is 11.8 Å². The summed E-state index contributed by atoms with van der Waals surface area (Å²) in [6.45, 7) is 3.01. The normalized spacial score (nSPS) is 17.0. The third-order valence-corrected chi connectivity index (χ3v) is 11.7. The number of amides is 5. The van der Waals surface area contributed by atoms with E-state index in [9.17, 15) is 24.0 Å². The Morgan fingerprint density at radius 2 is 1.57 bits per heavy atom. The number of nitrogens with zero attached hydrogens (tertiary/aromatic N) is 7. The van der Waals surface area contributed by atoms with Gasteiger partial charge < -0.3 is 14.2 Å². The van der Waals surface area contributed by atoms with Gasteiger partial charge in [-0.2, -0.15) is 0 Å². The number of hydrogen-bond donors (Lipinski definition) is 1. The van der Waals surface area contributed by atoms with Gasteiger partial charge in [0.2, 0.25) is 17.7 Å². The number of nitrogens with one attached hydrogen (secondary N) is 1. The summed E-state index contributed by atoms with van der Waals surface area (Å²) < 4.78 is 7.42. The molecule has 0 spiro atoms. The molecule has 3 aromatic heterocycles. The summed E-state index contributed by atoms with van der Waals surface area (Å²) in [5.41, 5.74) is 5.39. The molecule has 3 aliphatic rings. The van der Waals surface area contributed by atoms with Crippen molar-refractivity contribution >= 4 is 40.9 Å². The molecular formula is C44H48N8O6. The smallest absolute Gasteiger partial charge is 0.262 e. The van der Waals surface area contributed by atoms with Crippen LogP contribution in [0.25, 0.3) is 16.8 Å². The second kappa shape index (κ2) is 17.5. The molecular weight excluding hydrogens is 737 g/mol. The molecule has 0 saturated carbocycles. The Kier molecular flexibility index (Phi) is 11.7. The van der Waals surface area contributed by atoms with E-state index in [1.54, 1.807) is 24.7 Å². The van der Waals surface area contributed by atoms with E-state index < -0.39 is 23.8 Å². The third kappa shape index (κ3) is 8.27. The molecule has 14 nitrogen and oxygen atoms in total. The van der Waals surface area contributed by atoms with E-state index in [4.69, 9.17) is 9.40 Å². The summed E-state index contributed by atoms with van der Waals surface area (Å²) in [6.07, 6.45) is 15.2. The van der Waals surface area contributed by atoms with Gasteiger partial charge >= 0.3 is 0 Å². The predicted molar refractivity (Wildman–Crippen MR) is 215 cm³/mol. The summed E-state index contributed by atoms with van der Waals surface area (Å²) in [4.78, 5) is 73.6. The Balaban J connectivity index is 0.718. The quantitative estimate of drug-likeness (QED) is 0.0987. The van der Waals surface area contributed by atoms with Crippen LogP contribution in [0.15, 0.2) is 77.8 Å². The lowest BCUT2D eigenvalue weighted by molar-refractivity contribution is -0.136. The van der Waals surface area contributed by atoms with E-state index in [0.717, 1.165) is 109 Å². The fraction of sp³-hybridized carbons (Fsp3) is 0.409. The largest absolute Gasteiger partial charge is 0.469 e. The number of carbonyl (C=O) groups is 5. The second-order valence-corrected chi connectivity index (χ2v) is 15.4. The Labute approximate surface area is 336 Å². The zero-order valence-corrected chi connectivity index (χ0v) is 32.6. The molecule has 58 heavy (non-hydrogen) atoms. The molecule has 1 atom stereocenters. The number of benzene rings is 2. The van der Waals surface area contributed by atoms with E-state index in [0.29, 0.717) is 43.5 Å². The zero-order chi connectivity index (χ0) is 40.0. The van der Waals surface area contributed by atoms with Crippen LogP contribution < -0.4 is 10.2 Å². The first kappa shape index (κ1) is 38.7. The number of anilines is 1. The number of piperazine rings is 1. The Morgan fingerprint density at radius 1 is 0.793 bits per heavy atom.